The van der Waals surface area contributed by atoms with Crippen LogP contribution in [0.3, 0.4) is 0 Å². The van der Waals surface area contributed by atoms with Crippen LogP contribution in [0.2, 0.25) is 0 Å². The number of nitrogens with zero attached hydrogens (tertiary/aromatic N) is 4. The van der Waals surface area contributed by atoms with Gasteiger partial charge in [-0.05, 0) is 36.6 Å². The highest BCUT2D eigenvalue weighted by atomic mass is 19.1. The van der Waals surface area contributed by atoms with Gasteiger partial charge in [0.1, 0.15) is 17.5 Å². The molecule has 1 saturated carbocycles. The molecule has 2 N–H and O–H groups in total. The van der Waals surface area contributed by atoms with Crippen molar-refractivity contribution >= 4 is 35.0 Å². The number of allylic oxidation sites excluding steroid dienone is 1. The largest absolute Gasteiger partial charge is 0.367 e. The Kier molecular flexibility index (Phi) is 4.27. The van der Waals surface area contributed by atoms with Gasteiger partial charge in [-0.1, -0.05) is 18.7 Å². The van der Waals surface area contributed by atoms with Gasteiger partial charge in [0.05, 0.1) is 18.3 Å². The van der Waals surface area contributed by atoms with Crippen molar-refractivity contribution in [3.63, 3.8) is 0 Å². The molecular formula is C22H21FN6O. The lowest BCUT2D eigenvalue weighted by molar-refractivity contribution is -0.125. The molecule has 7 nitrogen and oxygen atoms in total. The summed E-state index contributed by atoms with van der Waals surface area (Å²) in [6, 6.07) is 8.71. The molecule has 0 radical (unpaired) electrons. The minimum absolute atomic E-state index is 0.00804. The van der Waals surface area contributed by atoms with Crippen LogP contribution in [0.5, 0.6) is 0 Å². The Morgan fingerprint density at radius 1 is 1.30 bits per heavy atom. The van der Waals surface area contributed by atoms with E-state index in [9.17, 15) is 9.18 Å². The molecule has 1 aromatic carbocycles. The Balaban J connectivity index is 1.58. The Bertz CT molecular complexity index is 1210. The second kappa shape index (κ2) is 6.98. The quantitative estimate of drug-likeness (QED) is 0.674. The van der Waals surface area contributed by atoms with Crippen molar-refractivity contribution in [1.82, 2.24) is 19.5 Å². The van der Waals surface area contributed by atoms with Crippen LogP contribution in [0.1, 0.15) is 24.8 Å². The van der Waals surface area contributed by atoms with E-state index in [0.717, 1.165) is 29.8 Å². The third-order valence-electron chi connectivity index (χ3n) is 5.39. The number of likely N-dealkylation sites (tertiary alicyclic amines) is 1. The number of amides is 1. The summed E-state index contributed by atoms with van der Waals surface area (Å²) in [5.74, 6) is 0.947. The van der Waals surface area contributed by atoms with Gasteiger partial charge in [0.15, 0.2) is 5.65 Å². The molecule has 152 valence electrons. The molecule has 0 spiro atoms. The van der Waals surface area contributed by atoms with Crippen LogP contribution >= 0.6 is 0 Å². The first-order chi connectivity index (χ1) is 14.5. The minimum Gasteiger partial charge on any atom is -0.367 e. The number of halogens is 1. The molecule has 1 amide bonds. The number of para-hydroxylation sites is 1. The molecule has 1 saturated heterocycles. The normalized spacial score (nSPS) is 17.9. The molecule has 2 aromatic heterocycles. The maximum Gasteiger partial charge on any atom is 0.231 e. The fraction of sp³-hybridized carbons (Fsp3) is 0.227. The second-order valence-electron chi connectivity index (χ2n) is 7.63. The van der Waals surface area contributed by atoms with Crippen molar-refractivity contribution < 1.29 is 9.18 Å². The Labute approximate surface area is 172 Å². The summed E-state index contributed by atoms with van der Waals surface area (Å²) in [7, 11) is 1.72. The van der Waals surface area contributed by atoms with Gasteiger partial charge in [0.25, 0.3) is 0 Å². The molecule has 0 unspecified atom stereocenters. The lowest BCUT2D eigenvalue weighted by Gasteiger charge is -2.12. The molecule has 2 aliphatic rings. The molecule has 5 rings (SSSR count). The number of hydrogen-bond donors (Lipinski definition) is 2. The third kappa shape index (κ3) is 3.30. The van der Waals surface area contributed by atoms with Crippen molar-refractivity contribution in [3.05, 3.63) is 65.8 Å². The summed E-state index contributed by atoms with van der Waals surface area (Å²) in [6.07, 6.45) is 6.12. The molecule has 2 fully saturated rings. The minimum atomic E-state index is -0.351. The number of carbonyl (C=O) groups is 1. The molecule has 8 heteroatoms. The summed E-state index contributed by atoms with van der Waals surface area (Å²) in [5, 5.41) is 11.0. The average Bonchev–Trinajstić information content (AvgIpc) is 3.41. The SMILES string of the molecule is C=C1/C(=C/c2cnn3c(NC4CC4)cc(Nc4ccccc4F)nc23)CC(=O)N1C. The number of likely N-dealkylation sites (N-methyl/N-ethyl adjacent to an activating group) is 1. The van der Waals surface area contributed by atoms with E-state index in [2.05, 4.69) is 27.3 Å². The van der Waals surface area contributed by atoms with Gasteiger partial charge in [-0.3, -0.25) is 4.79 Å². The Morgan fingerprint density at radius 3 is 2.80 bits per heavy atom. The zero-order valence-corrected chi connectivity index (χ0v) is 16.5. The van der Waals surface area contributed by atoms with Crippen molar-refractivity contribution in [2.24, 2.45) is 0 Å². The number of anilines is 3. The lowest BCUT2D eigenvalue weighted by atomic mass is 10.1. The molecule has 0 atom stereocenters. The van der Waals surface area contributed by atoms with E-state index in [1.807, 2.05) is 12.1 Å². The smallest absolute Gasteiger partial charge is 0.231 e. The van der Waals surface area contributed by atoms with E-state index >= 15 is 0 Å². The highest BCUT2D eigenvalue weighted by molar-refractivity contribution is 5.89. The number of hydrogen-bond acceptors (Lipinski definition) is 5. The maximum atomic E-state index is 14.1. The number of aromatic nitrogens is 3. The van der Waals surface area contributed by atoms with Crippen molar-refractivity contribution in [3.8, 4) is 0 Å². The first kappa shape index (κ1) is 18.4. The molecule has 3 heterocycles. The predicted molar refractivity (Wildman–Crippen MR) is 114 cm³/mol. The number of fused-ring (bicyclic) bond motifs is 1. The van der Waals surface area contributed by atoms with Gasteiger partial charge in [-0.2, -0.15) is 9.61 Å². The van der Waals surface area contributed by atoms with Crippen LogP contribution in [-0.2, 0) is 4.79 Å². The van der Waals surface area contributed by atoms with Crippen LogP contribution in [0.25, 0.3) is 11.7 Å². The fourth-order valence-electron chi connectivity index (χ4n) is 3.46. The van der Waals surface area contributed by atoms with Gasteiger partial charge < -0.3 is 15.5 Å². The van der Waals surface area contributed by atoms with Crippen LogP contribution in [0.15, 0.2) is 54.4 Å². The maximum absolute atomic E-state index is 14.1. The van der Waals surface area contributed by atoms with E-state index in [-0.39, 0.29) is 11.7 Å². The monoisotopic (exact) mass is 404 g/mol. The van der Waals surface area contributed by atoms with Gasteiger partial charge >= 0.3 is 0 Å². The standard InChI is InChI=1S/C22H21FN6O/c1-13-14(10-21(30)28(13)2)9-15-12-24-29-20(25-16-7-8-16)11-19(27-22(15)29)26-18-6-4-3-5-17(18)23/h3-6,9,11-12,16,25H,1,7-8,10H2,2H3,(H,26,27)/b14-9+. The number of rotatable bonds is 5. The average molecular weight is 404 g/mol. The summed E-state index contributed by atoms with van der Waals surface area (Å²) >= 11 is 0. The summed E-state index contributed by atoms with van der Waals surface area (Å²) < 4.78 is 15.9. The van der Waals surface area contributed by atoms with E-state index < -0.39 is 0 Å². The molecule has 1 aliphatic carbocycles. The van der Waals surface area contributed by atoms with Crippen molar-refractivity contribution in [1.29, 1.82) is 0 Å². The zero-order chi connectivity index (χ0) is 20.8. The highest BCUT2D eigenvalue weighted by Crippen LogP contribution is 2.31. The molecule has 3 aromatic rings. The fourth-order valence-corrected chi connectivity index (χ4v) is 3.46. The van der Waals surface area contributed by atoms with Crippen molar-refractivity contribution in [2.45, 2.75) is 25.3 Å². The summed E-state index contributed by atoms with van der Waals surface area (Å²) in [5.41, 5.74) is 3.24. The topological polar surface area (TPSA) is 74.6 Å². The summed E-state index contributed by atoms with van der Waals surface area (Å²) in [4.78, 5) is 18.2. The Morgan fingerprint density at radius 2 is 2.10 bits per heavy atom. The van der Waals surface area contributed by atoms with Crippen molar-refractivity contribution in [2.75, 3.05) is 17.7 Å². The van der Waals surface area contributed by atoms with Gasteiger partial charge in [0.2, 0.25) is 5.91 Å². The lowest BCUT2D eigenvalue weighted by Crippen LogP contribution is -2.16. The number of nitrogens with one attached hydrogen (secondary N) is 2. The molecule has 1 aliphatic heterocycles. The summed E-state index contributed by atoms with van der Waals surface area (Å²) in [6.45, 7) is 4.00. The van der Waals surface area contributed by atoms with E-state index in [0.29, 0.717) is 35.3 Å². The molecule has 0 bridgehead atoms. The third-order valence-corrected chi connectivity index (χ3v) is 5.39. The van der Waals surface area contributed by atoms with Crippen LogP contribution in [0, 0.1) is 5.82 Å². The van der Waals surface area contributed by atoms with Gasteiger partial charge in [-0.15, -0.1) is 0 Å². The zero-order valence-electron chi connectivity index (χ0n) is 16.5. The first-order valence-corrected chi connectivity index (χ1v) is 9.83. The predicted octanol–water partition coefficient (Wildman–Crippen LogP) is 3.95. The number of benzene rings is 1. The molecule has 30 heavy (non-hydrogen) atoms. The van der Waals surface area contributed by atoms with E-state index in [1.54, 1.807) is 40.9 Å². The van der Waals surface area contributed by atoms with E-state index in [4.69, 9.17) is 0 Å². The van der Waals surface area contributed by atoms with Crippen LogP contribution < -0.4 is 10.6 Å². The van der Waals surface area contributed by atoms with E-state index in [1.165, 1.54) is 6.07 Å². The Hall–Kier alpha value is -3.68. The van der Waals surface area contributed by atoms with Gasteiger partial charge in [0, 0.05) is 30.4 Å². The first-order valence-electron chi connectivity index (χ1n) is 9.83. The molecular weight excluding hydrogens is 383 g/mol. The van der Waals surface area contributed by atoms with Gasteiger partial charge in [-0.25, -0.2) is 9.37 Å². The second-order valence-corrected chi connectivity index (χ2v) is 7.63. The number of carbonyl (C=O) groups excluding carboxylic acids is 1. The highest BCUT2D eigenvalue weighted by Gasteiger charge is 2.26. The van der Waals surface area contributed by atoms with Crippen LogP contribution in [-0.4, -0.2) is 38.5 Å². The van der Waals surface area contributed by atoms with Crippen LogP contribution in [0.4, 0.5) is 21.7 Å².